The van der Waals surface area contributed by atoms with Crippen molar-refractivity contribution in [1.29, 1.82) is 0 Å². The first-order valence-electron chi connectivity index (χ1n) is 5.01. The van der Waals surface area contributed by atoms with Crippen LogP contribution in [-0.2, 0) is 12.6 Å². The zero-order chi connectivity index (χ0) is 10.0. The number of nitrogens with one attached hydrogen (secondary N) is 1. The third-order valence-electron chi connectivity index (χ3n) is 2.74. The van der Waals surface area contributed by atoms with E-state index in [9.17, 15) is 5.11 Å². The van der Waals surface area contributed by atoms with Gasteiger partial charge in [-0.05, 0) is 32.4 Å². The average Bonchev–Trinajstić information content (AvgIpc) is 2.47. The number of nitrogens with zero attached hydrogens (tertiary/aromatic N) is 3. The van der Waals surface area contributed by atoms with Gasteiger partial charge in [-0.15, -0.1) is 5.10 Å². The van der Waals surface area contributed by atoms with E-state index in [0.29, 0.717) is 12.1 Å². The summed E-state index contributed by atoms with van der Waals surface area (Å²) in [5.41, 5.74) is -0.0821. The van der Waals surface area contributed by atoms with E-state index >= 15 is 0 Å². The standard InChI is InChI=1S/C9H16N4O/c1-13-7-8(11-12-13)9(14)3-2-5-10-6-4-9/h7,10,14H,2-6H2,1H3. The van der Waals surface area contributed by atoms with Gasteiger partial charge in [-0.1, -0.05) is 5.21 Å². The summed E-state index contributed by atoms with van der Waals surface area (Å²) in [6, 6.07) is 0. The largest absolute Gasteiger partial charge is 0.383 e. The van der Waals surface area contributed by atoms with Crippen LogP contribution in [0.2, 0.25) is 0 Å². The van der Waals surface area contributed by atoms with Gasteiger partial charge >= 0.3 is 0 Å². The van der Waals surface area contributed by atoms with Gasteiger partial charge in [0.15, 0.2) is 0 Å². The Bertz CT molecular complexity index is 302. The van der Waals surface area contributed by atoms with Crippen LogP contribution < -0.4 is 5.32 Å². The van der Waals surface area contributed by atoms with Crippen LogP contribution in [0.15, 0.2) is 6.20 Å². The Balaban J connectivity index is 2.20. The highest BCUT2D eigenvalue weighted by molar-refractivity contribution is 5.07. The van der Waals surface area contributed by atoms with Crippen LogP contribution in [0, 0.1) is 0 Å². The summed E-state index contributed by atoms with van der Waals surface area (Å²) in [5, 5.41) is 21.5. The molecule has 0 aliphatic carbocycles. The predicted molar refractivity (Wildman–Crippen MR) is 51.6 cm³/mol. The van der Waals surface area contributed by atoms with Crippen LogP contribution in [-0.4, -0.2) is 33.2 Å². The minimum absolute atomic E-state index is 0.698. The zero-order valence-corrected chi connectivity index (χ0v) is 8.40. The topological polar surface area (TPSA) is 63.0 Å². The summed E-state index contributed by atoms with van der Waals surface area (Å²) in [7, 11) is 1.81. The fourth-order valence-corrected chi connectivity index (χ4v) is 1.87. The van der Waals surface area contributed by atoms with Gasteiger partial charge in [0.05, 0.1) is 6.20 Å². The Morgan fingerprint density at radius 2 is 2.36 bits per heavy atom. The molecule has 0 aromatic carbocycles. The van der Waals surface area contributed by atoms with Gasteiger partial charge in [0.1, 0.15) is 11.3 Å². The van der Waals surface area contributed by atoms with E-state index in [1.54, 1.807) is 10.9 Å². The van der Waals surface area contributed by atoms with E-state index < -0.39 is 5.60 Å². The Morgan fingerprint density at radius 1 is 1.50 bits per heavy atom. The van der Waals surface area contributed by atoms with Gasteiger partial charge < -0.3 is 10.4 Å². The fourth-order valence-electron chi connectivity index (χ4n) is 1.87. The molecule has 0 saturated carbocycles. The number of aliphatic hydroxyl groups is 1. The fraction of sp³-hybridized carbons (Fsp3) is 0.778. The van der Waals surface area contributed by atoms with Crippen molar-refractivity contribution in [3.8, 4) is 0 Å². The first-order chi connectivity index (χ1) is 6.71. The average molecular weight is 196 g/mol. The van der Waals surface area contributed by atoms with Crippen LogP contribution in [0.1, 0.15) is 25.0 Å². The Hall–Kier alpha value is -0.940. The van der Waals surface area contributed by atoms with Crippen molar-refractivity contribution >= 4 is 0 Å². The highest BCUT2D eigenvalue weighted by Crippen LogP contribution is 2.29. The molecule has 2 heterocycles. The molecule has 5 nitrogen and oxygen atoms in total. The maximum Gasteiger partial charge on any atom is 0.114 e. The second-order valence-electron chi connectivity index (χ2n) is 3.91. The lowest BCUT2D eigenvalue weighted by atomic mass is 9.92. The van der Waals surface area contributed by atoms with Crippen LogP contribution in [0.5, 0.6) is 0 Å². The molecule has 2 rings (SSSR count). The first kappa shape index (κ1) is 9.61. The van der Waals surface area contributed by atoms with Crippen molar-refractivity contribution < 1.29 is 5.11 Å². The maximum absolute atomic E-state index is 10.4. The summed E-state index contributed by atoms with van der Waals surface area (Å²) < 4.78 is 1.63. The molecule has 14 heavy (non-hydrogen) atoms. The highest BCUT2D eigenvalue weighted by Gasteiger charge is 2.32. The Labute approximate surface area is 83.1 Å². The molecular formula is C9H16N4O. The molecule has 1 aromatic heterocycles. The molecule has 0 spiro atoms. The SMILES string of the molecule is Cn1cc(C2(O)CCCNCC2)nn1. The normalized spacial score (nSPS) is 28.7. The Morgan fingerprint density at radius 3 is 3.07 bits per heavy atom. The lowest BCUT2D eigenvalue weighted by Crippen LogP contribution is -2.27. The molecule has 1 aliphatic heterocycles. The summed E-state index contributed by atoms with van der Waals surface area (Å²) in [6.45, 7) is 1.82. The van der Waals surface area contributed by atoms with E-state index in [0.717, 1.165) is 25.9 Å². The molecule has 0 amide bonds. The molecule has 78 valence electrons. The molecule has 1 unspecified atom stereocenters. The van der Waals surface area contributed by atoms with Gasteiger partial charge in [-0.25, -0.2) is 0 Å². The van der Waals surface area contributed by atoms with Gasteiger partial charge in [0.2, 0.25) is 0 Å². The van der Waals surface area contributed by atoms with Crippen LogP contribution >= 0.6 is 0 Å². The van der Waals surface area contributed by atoms with E-state index in [-0.39, 0.29) is 0 Å². The smallest absolute Gasteiger partial charge is 0.114 e. The van der Waals surface area contributed by atoms with Crippen molar-refractivity contribution in [2.45, 2.75) is 24.9 Å². The van der Waals surface area contributed by atoms with Crippen LogP contribution in [0.3, 0.4) is 0 Å². The quantitative estimate of drug-likeness (QED) is 0.651. The molecule has 1 fully saturated rings. The van der Waals surface area contributed by atoms with Gasteiger partial charge in [0, 0.05) is 7.05 Å². The van der Waals surface area contributed by atoms with E-state index in [1.807, 2.05) is 7.05 Å². The molecule has 0 radical (unpaired) electrons. The first-order valence-corrected chi connectivity index (χ1v) is 5.01. The summed E-state index contributed by atoms with van der Waals surface area (Å²) in [4.78, 5) is 0. The molecule has 1 aromatic rings. The third-order valence-corrected chi connectivity index (χ3v) is 2.74. The molecule has 2 N–H and O–H groups in total. The summed E-state index contributed by atoms with van der Waals surface area (Å²) >= 11 is 0. The zero-order valence-electron chi connectivity index (χ0n) is 8.40. The van der Waals surface area contributed by atoms with E-state index in [4.69, 9.17) is 0 Å². The van der Waals surface area contributed by atoms with Crippen LogP contribution in [0.25, 0.3) is 0 Å². The Kier molecular flexibility index (Phi) is 2.52. The maximum atomic E-state index is 10.4. The van der Waals surface area contributed by atoms with Gasteiger partial charge in [0.25, 0.3) is 0 Å². The van der Waals surface area contributed by atoms with Gasteiger partial charge in [-0.2, -0.15) is 0 Å². The summed E-state index contributed by atoms with van der Waals surface area (Å²) in [5.74, 6) is 0. The van der Waals surface area contributed by atoms with Crippen molar-refractivity contribution in [3.05, 3.63) is 11.9 Å². The minimum Gasteiger partial charge on any atom is -0.383 e. The molecule has 5 heteroatoms. The summed E-state index contributed by atoms with van der Waals surface area (Å²) in [6.07, 6.45) is 4.25. The number of rotatable bonds is 1. The van der Waals surface area contributed by atoms with Gasteiger partial charge in [-0.3, -0.25) is 4.68 Å². The molecule has 1 aliphatic rings. The third kappa shape index (κ3) is 1.78. The van der Waals surface area contributed by atoms with Crippen molar-refractivity contribution in [2.24, 2.45) is 7.05 Å². The van der Waals surface area contributed by atoms with Crippen molar-refractivity contribution in [1.82, 2.24) is 20.3 Å². The molecule has 1 atom stereocenters. The monoisotopic (exact) mass is 196 g/mol. The lowest BCUT2D eigenvalue weighted by Gasteiger charge is -2.23. The lowest BCUT2D eigenvalue weighted by molar-refractivity contribution is 0.0196. The molecule has 1 saturated heterocycles. The minimum atomic E-state index is -0.780. The predicted octanol–water partition coefficient (Wildman–Crippen LogP) is -0.224. The highest BCUT2D eigenvalue weighted by atomic mass is 16.3. The molecular weight excluding hydrogens is 180 g/mol. The number of aryl methyl sites for hydroxylation is 1. The van der Waals surface area contributed by atoms with Crippen molar-refractivity contribution in [2.75, 3.05) is 13.1 Å². The number of aromatic nitrogens is 3. The van der Waals surface area contributed by atoms with Crippen molar-refractivity contribution in [3.63, 3.8) is 0 Å². The molecule has 0 bridgehead atoms. The number of hydrogen-bond donors (Lipinski definition) is 2. The van der Waals surface area contributed by atoms with E-state index in [2.05, 4.69) is 15.6 Å². The number of hydrogen-bond acceptors (Lipinski definition) is 4. The van der Waals surface area contributed by atoms with Crippen LogP contribution in [0.4, 0.5) is 0 Å². The van der Waals surface area contributed by atoms with E-state index in [1.165, 1.54) is 0 Å². The second-order valence-corrected chi connectivity index (χ2v) is 3.91. The second kappa shape index (κ2) is 3.67.